The Hall–Kier alpha value is -2.11. The van der Waals surface area contributed by atoms with Gasteiger partial charge in [0.1, 0.15) is 5.82 Å². The zero-order valence-corrected chi connectivity index (χ0v) is 15.1. The van der Waals surface area contributed by atoms with Crippen LogP contribution >= 0.6 is 23.2 Å². The summed E-state index contributed by atoms with van der Waals surface area (Å²) in [5.41, 5.74) is 0.730. The quantitative estimate of drug-likeness (QED) is 0.822. The van der Waals surface area contributed by atoms with Gasteiger partial charge in [-0.25, -0.2) is 4.39 Å². The molecule has 132 valence electrons. The Balaban J connectivity index is 1.83. The molecule has 0 spiro atoms. The van der Waals surface area contributed by atoms with Crippen molar-refractivity contribution < 1.29 is 14.0 Å². The minimum absolute atomic E-state index is 0.0650. The van der Waals surface area contributed by atoms with Gasteiger partial charge in [-0.05, 0) is 36.4 Å². The Labute approximate surface area is 155 Å². The molecule has 25 heavy (non-hydrogen) atoms. The van der Waals surface area contributed by atoms with Crippen LogP contribution in [-0.4, -0.2) is 30.3 Å². The van der Waals surface area contributed by atoms with Crippen molar-refractivity contribution in [2.24, 2.45) is 0 Å². The number of amides is 2. The summed E-state index contributed by atoms with van der Waals surface area (Å²) in [6, 6.07) is 10.8. The van der Waals surface area contributed by atoms with E-state index in [-0.39, 0.29) is 41.9 Å². The first-order valence-corrected chi connectivity index (χ1v) is 8.34. The summed E-state index contributed by atoms with van der Waals surface area (Å²) in [6.07, 6.45) is 0.0991. The van der Waals surface area contributed by atoms with Crippen LogP contribution in [0.4, 0.5) is 4.39 Å². The fourth-order valence-electron chi connectivity index (χ4n) is 2.19. The van der Waals surface area contributed by atoms with Crippen molar-refractivity contribution >= 4 is 35.0 Å². The number of halogens is 3. The lowest BCUT2D eigenvalue weighted by Gasteiger charge is -2.18. The van der Waals surface area contributed by atoms with E-state index in [1.54, 1.807) is 37.4 Å². The Kier molecular flexibility index (Phi) is 6.79. The molecule has 7 heteroatoms. The highest BCUT2D eigenvalue weighted by atomic mass is 35.5. The van der Waals surface area contributed by atoms with Gasteiger partial charge in [-0.1, -0.05) is 29.3 Å². The normalized spacial score (nSPS) is 10.4. The van der Waals surface area contributed by atoms with Crippen molar-refractivity contribution in [3.05, 3.63) is 69.5 Å². The topological polar surface area (TPSA) is 49.4 Å². The number of carbonyl (C=O) groups is 2. The summed E-state index contributed by atoms with van der Waals surface area (Å²) in [4.78, 5) is 25.4. The molecule has 2 aromatic carbocycles. The maximum absolute atomic E-state index is 13.8. The minimum atomic E-state index is -0.455. The summed E-state index contributed by atoms with van der Waals surface area (Å²) < 4.78 is 13.8. The third-order valence-corrected chi connectivity index (χ3v) is 4.22. The lowest BCUT2D eigenvalue weighted by molar-refractivity contribution is -0.130. The summed E-state index contributed by atoms with van der Waals surface area (Å²) >= 11 is 11.7. The number of carbonyl (C=O) groups excluding carboxylic acids is 2. The molecule has 0 saturated carbocycles. The minimum Gasteiger partial charge on any atom is -0.352 e. The van der Waals surface area contributed by atoms with Crippen LogP contribution in [0.2, 0.25) is 10.0 Å². The van der Waals surface area contributed by atoms with Gasteiger partial charge in [0.15, 0.2) is 0 Å². The molecule has 0 radical (unpaired) electrons. The van der Waals surface area contributed by atoms with Crippen LogP contribution in [0.5, 0.6) is 0 Å². The molecule has 0 aliphatic rings. The molecule has 0 bridgehead atoms. The average molecular weight is 383 g/mol. The molecule has 0 fully saturated rings. The molecule has 4 nitrogen and oxygen atoms in total. The fourth-order valence-corrected chi connectivity index (χ4v) is 2.53. The van der Waals surface area contributed by atoms with Crippen LogP contribution in [0.1, 0.15) is 22.3 Å². The van der Waals surface area contributed by atoms with Crippen molar-refractivity contribution in [3.63, 3.8) is 0 Å². The second-order valence-corrected chi connectivity index (χ2v) is 6.31. The number of nitrogens with one attached hydrogen (secondary N) is 1. The first-order valence-electron chi connectivity index (χ1n) is 7.59. The number of nitrogens with zero attached hydrogens (tertiary/aromatic N) is 1. The second kappa shape index (κ2) is 8.83. The van der Waals surface area contributed by atoms with E-state index in [0.717, 1.165) is 0 Å². The molecule has 2 aromatic rings. The van der Waals surface area contributed by atoms with Crippen LogP contribution < -0.4 is 5.32 Å². The maximum Gasteiger partial charge on any atom is 0.251 e. The van der Waals surface area contributed by atoms with Gasteiger partial charge in [0.25, 0.3) is 5.91 Å². The summed E-state index contributed by atoms with van der Waals surface area (Å²) in [5.74, 6) is -0.969. The van der Waals surface area contributed by atoms with E-state index in [1.807, 2.05) is 0 Å². The largest absolute Gasteiger partial charge is 0.352 e. The molecule has 0 aliphatic carbocycles. The van der Waals surface area contributed by atoms with E-state index < -0.39 is 5.82 Å². The van der Waals surface area contributed by atoms with Gasteiger partial charge in [0, 0.05) is 47.7 Å². The highest BCUT2D eigenvalue weighted by Gasteiger charge is 2.14. The first kappa shape index (κ1) is 19.2. The third kappa shape index (κ3) is 5.44. The molecule has 1 N–H and O–H groups in total. The Morgan fingerprint density at radius 2 is 1.80 bits per heavy atom. The predicted molar refractivity (Wildman–Crippen MR) is 96.3 cm³/mol. The molecule has 0 aliphatic heterocycles. The lowest BCUT2D eigenvalue weighted by Crippen LogP contribution is -2.32. The molecular formula is C18H17Cl2FN2O2. The van der Waals surface area contributed by atoms with E-state index in [0.29, 0.717) is 10.6 Å². The van der Waals surface area contributed by atoms with Gasteiger partial charge in [-0.3, -0.25) is 9.59 Å². The van der Waals surface area contributed by atoms with Crippen molar-refractivity contribution in [1.82, 2.24) is 10.2 Å². The SMILES string of the molecule is CN(Cc1c(F)cccc1Cl)C(=O)CCNC(=O)c1ccc(Cl)cc1. The predicted octanol–water partition coefficient (Wildman–Crippen LogP) is 3.91. The van der Waals surface area contributed by atoms with Gasteiger partial charge in [-0.15, -0.1) is 0 Å². The number of rotatable bonds is 6. The maximum atomic E-state index is 13.8. The van der Waals surface area contributed by atoms with Crippen LogP contribution in [-0.2, 0) is 11.3 Å². The lowest BCUT2D eigenvalue weighted by atomic mass is 10.2. The van der Waals surface area contributed by atoms with Gasteiger partial charge in [0.05, 0.1) is 0 Å². The number of hydrogen-bond acceptors (Lipinski definition) is 2. The molecule has 0 heterocycles. The van der Waals surface area contributed by atoms with E-state index in [4.69, 9.17) is 23.2 Å². The number of benzene rings is 2. The van der Waals surface area contributed by atoms with Gasteiger partial charge in [-0.2, -0.15) is 0 Å². The second-order valence-electron chi connectivity index (χ2n) is 5.46. The summed E-state index contributed by atoms with van der Waals surface area (Å²) in [6.45, 7) is 0.241. The molecular weight excluding hydrogens is 366 g/mol. The monoisotopic (exact) mass is 382 g/mol. The van der Waals surface area contributed by atoms with E-state index in [2.05, 4.69) is 5.32 Å². The number of hydrogen-bond donors (Lipinski definition) is 1. The highest BCUT2D eigenvalue weighted by molar-refractivity contribution is 6.31. The van der Waals surface area contributed by atoms with Crippen molar-refractivity contribution in [1.29, 1.82) is 0 Å². The Morgan fingerprint density at radius 3 is 2.44 bits per heavy atom. The summed E-state index contributed by atoms with van der Waals surface area (Å²) in [7, 11) is 1.56. The van der Waals surface area contributed by atoms with Crippen LogP contribution in [0, 0.1) is 5.82 Å². The van der Waals surface area contributed by atoms with Crippen LogP contribution in [0.25, 0.3) is 0 Å². The van der Waals surface area contributed by atoms with E-state index in [1.165, 1.54) is 17.0 Å². The van der Waals surface area contributed by atoms with Gasteiger partial charge < -0.3 is 10.2 Å². The Bertz CT molecular complexity index is 746. The van der Waals surface area contributed by atoms with E-state index in [9.17, 15) is 14.0 Å². The molecule has 2 amide bonds. The van der Waals surface area contributed by atoms with Crippen molar-refractivity contribution in [2.75, 3.05) is 13.6 Å². The first-order chi connectivity index (χ1) is 11.9. The molecule has 0 saturated heterocycles. The van der Waals surface area contributed by atoms with E-state index >= 15 is 0 Å². The molecule has 0 unspecified atom stereocenters. The fraction of sp³-hybridized carbons (Fsp3) is 0.222. The Morgan fingerprint density at radius 1 is 1.12 bits per heavy atom. The zero-order valence-electron chi connectivity index (χ0n) is 13.6. The molecule has 0 aromatic heterocycles. The molecule has 2 rings (SSSR count). The van der Waals surface area contributed by atoms with Crippen molar-refractivity contribution in [3.8, 4) is 0 Å². The summed E-state index contributed by atoms with van der Waals surface area (Å²) in [5, 5.41) is 3.48. The third-order valence-electron chi connectivity index (χ3n) is 3.61. The van der Waals surface area contributed by atoms with Gasteiger partial charge in [0.2, 0.25) is 5.91 Å². The van der Waals surface area contributed by atoms with Crippen molar-refractivity contribution in [2.45, 2.75) is 13.0 Å². The molecule has 0 atom stereocenters. The standard InChI is InChI=1S/C18H17Cl2FN2O2/c1-23(11-14-15(20)3-2-4-16(14)21)17(24)9-10-22-18(25)12-5-7-13(19)8-6-12/h2-8H,9-11H2,1H3,(H,22,25). The van der Waals surface area contributed by atoms with Crippen LogP contribution in [0.3, 0.4) is 0 Å². The van der Waals surface area contributed by atoms with Crippen LogP contribution in [0.15, 0.2) is 42.5 Å². The highest BCUT2D eigenvalue weighted by Crippen LogP contribution is 2.20. The smallest absolute Gasteiger partial charge is 0.251 e. The van der Waals surface area contributed by atoms with Gasteiger partial charge >= 0.3 is 0 Å². The zero-order chi connectivity index (χ0) is 18.4. The average Bonchev–Trinajstić information content (AvgIpc) is 2.58.